The molecule has 4 rings (SSSR count). The number of benzene rings is 2. The molecule has 2 aromatic carbocycles. The van der Waals surface area contributed by atoms with Gasteiger partial charge in [0.2, 0.25) is 11.8 Å². The predicted octanol–water partition coefficient (Wildman–Crippen LogP) is 3.40. The minimum Gasteiger partial charge on any atom is -0.361 e. The van der Waals surface area contributed by atoms with Crippen molar-refractivity contribution >= 4 is 34.2 Å². The molecule has 1 aromatic heterocycles. The average molecular weight is 389 g/mol. The summed E-state index contributed by atoms with van der Waals surface area (Å²) >= 11 is 0. The summed E-state index contributed by atoms with van der Waals surface area (Å²) in [6.07, 6.45) is 2.96. The van der Waals surface area contributed by atoms with Crippen LogP contribution in [0.1, 0.15) is 29.3 Å². The van der Waals surface area contributed by atoms with Gasteiger partial charge in [-0.25, -0.2) is 0 Å². The number of aromatic nitrogens is 1. The summed E-state index contributed by atoms with van der Waals surface area (Å²) in [4.78, 5) is 41.3. The molecule has 1 aliphatic rings. The molecule has 1 fully saturated rings. The molecule has 6 nitrogen and oxygen atoms in total. The number of carbonyl (C=O) groups excluding carboxylic acids is 3. The van der Waals surface area contributed by atoms with E-state index in [0.29, 0.717) is 24.3 Å². The number of nitrogens with zero attached hydrogens (tertiary/aromatic N) is 1. The van der Waals surface area contributed by atoms with E-state index in [1.54, 1.807) is 29.2 Å². The van der Waals surface area contributed by atoms with Crippen LogP contribution >= 0.6 is 0 Å². The Labute approximate surface area is 168 Å². The van der Waals surface area contributed by atoms with Crippen LogP contribution in [-0.2, 0) is 16.0 Å². The minimum atomic E-state index is -0.363. The van der Waals surface area contributed by atoms with Crippen LogP contribution in [0.3, 0.4) is 0 Å². The Bertz CT molecular complexity index is 1070. The van der Waals surface area contributed by atoms with Gasteiger partial charge in [0.25, 0.3) is 0 Å². The summed E-state index contributed by atoms with van der Waals surface area (Å²) in [6, 6.07) is 14.9. The molecule has 1 unspecified atom stereocenters. The maximum Gasteiger partial charge on any atom is 0.229 e. The van der Waals surface area contributed by atoms with Crippen LogP contribution in [0, 0.1) is 5.92 Å². The molecule has 1 aliphatic heterocycles. The number of nitrogens with one attached hydrogen (secondary N) is 2. The van der Waals surface area contributed by atoms with E-state index in [0.717, 1.165) is 11.9 Å². The molecule has 0 saturated carbocycles. The summed E-state index contributed by atoms with van der Waals surface area (Å²) < 4.78 is 0. The molecular weight excluding hydrogens is 366 g/mol. The Kier molecular flexibility index (Phi) is 5.16. The third-order valence-corrected chi connectivity index (χ3v) is 5.47. The Morgan fingerprint density at radius 3 is 2.66 bits per heavy atom. The Hall–Kier alpha value is -3.41. The van der Waals surface area contributed by atoms with Gasteiger partial charge in [-0.1, -0.05) is 18.2 Å². The standard InChI is InChI=1S/C23H23N3O3/c1-15(27)16-6-8-19(9-7-16)25-23(29)18-12-22(28)26(14-18)11-10-17-13-24-21-5-3-2-4-20(17)21/h2-9,13,18,24H,10-12,14H2,1H3,(H,25,29). The van der Waals surface area contributed by atoms with Gasteiger partial charge in [-0.2, -0.15) is 0 Å². The first kappa shape index (κ1) is 18.9. The summed E-state index contributed by atoms with van der Waals surface area (Å²) in [5.41, 5.74) is 3.49. The monoisotopic (exact) mass is 389 g/mol. The van der Waals surface area contributed by atoms with E-state index in [4.69, 9.17) is 0 Å². The highest BCUT2D eigenvalue weighted by atomic mass is 16.2. The zero-order valence-corrected chi connectivity index (χ0v) is 16.3. The normalized spacial score (nSPS) is 16.4. The van der Waals surface area contributed by atoms with Crippen LogP contribution in [0.2, 0.25) is 0 Å². The van der Waals surface area contributed by atoms with Gasteiger partial charge in [-0.15, -0.1) is 0 Å². The first-order valence-corrected chi connectivity index (χ1v) is 9.76. The Balaban J connectivity index is 1.34. The zero-order chi connectivity index (χ0) is 20.4. The second-order valence-electron chi connectivity index (χ2n) is 7.47. The smallest absolute Gasteiger partial charge is 0.229 e. The second-order valence-corrected chi connectivity index (χ2v) is 7.47. The van der Waals surface area contributed by atoms with Gasteiger partial charge in [0.1, 0.15) is 0 Å². The number of rotatable bonds is 6. The van der Waals surface area contributed by atoms with Gasteiger partial charge in [-0.05, 0) is 49.2 Å². The van der Waals surface area contributed by atoms with E-state index in [1.807, 2.05) is 24.4 Å². The topological polar surface area (TPSA) is 82.3 Å². The molecule has 6 heteroatoms. The highest BCUT2D eigenvalue weighted by molar-refractivity contribution is 5.98. The molecule has 3 aromatic rings. The van der Waals surface area contributed by atoms with E-state index in [2.05, 4.69) is 16.4 Å². The molecular formula is C23H23N3O3. The van der Waals surface area contributed by atoms with Crippen molar-refractivity contribution in [3.8, 4) is 0 Å². The van der Waals surface area contributed by atoms with Gasteiger partial charge in [0.05, 0.1) is 5.92 Å². The van der Waals surface area contributed by atoms with Crippen LogP contribution in [0.15, 0.2) is 54.7 Å². The third kappa shape index (κ3) is 4.06. The van der Waals surface area contributed by atoms with Crippen LogP contribution in [0.5, 0.6) is 0 Å². The van der Waals surface area contributed by atoms with Crippen molar-refractivity contribution < 1.29 is 14.4 Å². The van der Waals surface area contributed by atoms with Gasteiger partial charge in [0.15, 0.2) is 5.78 Å². The third-order valence-electron chi connectivity index (χ3n) is 5.47. The van der Waals surface area contributed by atoms with Crippen molar-refractivity contribution in [2.75, 3.05) is 18.4 Å². The molecule has 29 heavy (non-hydrogen) atoms. The number of likely N-dealkylation sites (tertiary alicyclic amines) is 1. The number of amides is 2. The summed E-state index contributed by atoms with van der Waals surface area (Å²) in [5, 5.41) is 4.02. The van der Waals surface area contributed by atoms with Crippen molar-refractivity contribution in [1.82, 2.24) is 9.88 Å². The van der Waals surface area contributed by atoms with Crippen molar-refractivity contribution in [1.29, 1.82) is 0 Å². The number of hydrogen-bond acceptors (Lipinski definition) is 3. The lowest BCUT2D eigenvalue weighted by molar-refractivity contribution is -0.128. The minimum absolute atomic E-state index is 0.0110. The van der Waals surface area contributed by atoms with Crippen LogP contribution < -0.4 is 5.32 Å². The fourth-order valence-corrected chi connectivity index (χ4v) is 3.79. The van der Waals surface area contributed by atoms with E-state index in [-0.39, 0.29) is 29.9 Å². The molecule has 0 radical (unpaired) electrons. The lowest BCUT2D eigenvalue weighted by Crippen LogP contribution is -2.30. The fraction of sp³-hybridized carbons (Fsp3) is 0.261. The molecule has 0 bridgehead atoms. The number of H-pyrrole nitrogens is 1. The molecule has 2 amide bonds. The van der Waals surface area contributed by atoms with Gasteiger partial charge in [0, 0.05) is 47.9 Å². The van der Waals surface area contributed by atoms with E-state index in [1.165, 1.54) is 17.9 Å². The van der Waals surface area contributed by atoms with Gasteiger partial charge >= 0.3 is 0 Å². The molecule has 0 spiro atoms. The van der Waals surface area contributed by atoms with Gasteiger partial charge < -0.3 is 15.2 Å². The van der Waals surface area contributed by atoms with Crippen LogP contribution in [0.4, 0.5) is 5.69 Å². The van der Waals surface area contributed by atoms with Crippen molar-refractivity contribution in [3.63, 3.8) is 0 Å². The maximum absolute atomic E-state index is 12.6. The Morgan fingerprint density at radius 2 is 1.90 bits per heavy atom. The van der Waals surface area contributed by atoms with E-state index < -0.39 is 0 Å². The number of anilines is 1. The van der Waals surface area contributed by atoms with Crippen LogP contribution in [-0.4, -0.2) is 40.6 Å². The number of fused-ring (bicyclic) bond motifs is 1. The number of para-hydroxylation sites is 1. The quantitative estimate of drug-likeness (QED) is 0.634. The molecule has 2 N–H and O–H groups in total. The predicted molar refractivity (Wildman–Crippen MR) is 112 cm³/mol. The highest BCUT2D eigenvalue weighted by Gasteiger charge is 2.34. The number of Topliss-reactive ketones (excluding diaryl/α,β-unsaturated/α-hetero) is 1. The summed E-state index contributed by atoms with van der Waals surface area (Å²) in [5.74, 6) is -0.534. The lowest BCUT2D eigenvalue weighted by Gasteiger charge is -2.16. The van der Waals surface area contributed by atoms with Crippen molar-refractivity contribution in [3.05, 3.63) is 65.9 Å². The maximum atomic E-state index is 12.6. The van der Waals surface area contributed by atoms with Crippen molar-refractivity contribution in [2.24, 2.45) is 5.92 Å². The first-order valence-electron chi connectivity index (χ1n) is 9.76. The lowest BCUT2D eigenvalue weighted by atomic mass is 10.1. The summed E-state index contributed by atoms with van der Waals surface area (Å²) in [7, 11) is 0. The Morgan fingerprint density at radius 1 is 1.14 bits per heavy atom. The fourth-order valence-electron chi connectivity index (χ4n) is 3.79. The average Bonchev–Trinajstić information content (AvgIpc) is 3.30. The number of aromatic amines is 1. The van der Waals surface area contributed by atoms with Crippen molar-refractivity contribution in [2.45, 2.75) is 19.8 Å². The molecule has 0 aliphatic carbocycles. The number of hydrogen-bond donors (Lipinski definition) is 2. The molecule has 1 atom stereocenters. The molecule has 1 saturated heterocycles. The van der Waals surface area contributed by atoms with Gasteiger partial charge in [-0.3, -0.25) is 14.4 Å². The van der Waals surface area contributed by atoms with E-state index in [9.17, 15) is 14.4 Å². The zero-order valence-electron chi connectivity index (χ0n) is 16.3. The summed E-state index contributed by atoms with van der Waals surface area (Å²) in [6.45, 7) is 2.53. The second kappa shape index (κ2) is 7.91. The number of carbonyl (C=O) groups is 3. The largest absolute Gasteiger partial charge is 0.361 e. The number of ketones is 1. The molecule has 148 valence electrons. The first-order chi connectivity index (χ1) is 14.0. The highest BCUT2D eigenvalue weighted by Crippen LogP contribution is 2.23. The SMILES string of the molecule is CC(=O)c1ccc(NC(=O)C2CC(=O)N(CCc3c[nH]c4ccccc34)C2)cc1. The van der Waals surface area contributed by atoms with Crippen LogP contribution in [0.25, 0.3) is 10.9 Å². The van der Waals surface area contributed by atoms with E-state index >= 15 is 0 Å². The molecule has 2 heterocycles.